The fraction of sp³-hybridized carbons (Fsp3) is 0.625. The lowest BCUT2D eigenvalue weighted by molar-refractivity contribution is 0.0660. The Morgan fingerprint density at radius 1 is 1.79 bits per heavy atom. The number of nitrogens with zero attached hydrogens (tertiary/aromatic N) is 3. The highest BCUT2D eigenvalue weighted by Crippen LogP contribution is 2.11. The Morgan fingerprint density at radius 3 is 3.29 bits per heavy atom. The maximum absolute atomic E-state index is 11.9. The predicted octanol–water partition coefficient (Wildman–Crippen LogP) is -0.0280. The third kappa shape index (κ3) is 1.76. The van der Waals surface area contributed by atoms with Crippen LogP contribution in [0.15, 0.2) is 6.20 Å². The molecule has 6 heteroatoms. The molecule has 1 aliphatic rings. The number of hydrogen-bond donors (Lipinski definition) is 1. The van der Waals surface area contributed by atoms with E-state index in [1.807, 2.05) is 11.8 Å². The third-order valence-corrected chi connectivity index (χ3v) is 2.99. The van der Waals surface area contributed by atoms with Crippen molar-refractivity contribution in [1.29, 1.82) is 0 Å². The van der Waals surface area contributed by atoms with Crippen molar-refractivity contribution in [1.82, 2.24) is 19.8 Å². The molecule has 1 amide bonds. The standard InChI is InChI=1S/C8H12N4OS/c1-6-4-9-2-3-12(6)8(13)7-5-10-11-14-7/h5-6,9H,2-4H2,1H3/t6-/m1/s1. The van der Waals surface area contributed by atoms with Gasteiger partial charge in [-0.25, -0.2) is 0 Å². The molecule has 0 unspecified atom stereocenters. The quantitative estimate of drug-likeness (QED) is 0.710. The highest BCUT2D eigenvalue weighted by molar-refractivity contribution is 7.07. The van der Waals surface area contributed by atoms with Crippen molar-refractivity contribution in [3.8, 4) is 0 Å². The average molecular weight is 212 g/mol. The first-order chi connectivity index (χ1) is 6.79. The maximum Gasteiger partial charge on any atom is 0.267 e. The molecule has 76 valence electrons. The minimum atomic E-state index is 0.0500. The van der Waals surface area contributed by atoms with Crippen LogP contribution in [0.4, 0.5) is 0 Å². The zero-order valence-electron chi connectivity index (χ0n) is 7.93. The van der Waals surface area contributed by atoms with Crippen molar-refractivity contribution in [2.75, 3.05) is 19.6 Å². The van der Waals surface area contributed by atoms with Gasteiger partial charge in [0.05, 0.1) is 6.20 Å². The summed E-state index contributed by atoms with van der Waals surface area (Å²) in [4.78, 5) is 14.4. The molecule has 0 radical (unpaired) electrons. The highest BCUT2D eigenvalue weighted by atomic mass is 32.1. The Morgan fingerprint density at radius 2 is 2.64 bits per heavy atom. The molecule has 0 aromatic carbocycles. The number of amides is 1. The summed E-state index contributed by atoms with van der Waals surface area (Å²) >= 11 is 1.15. The highest BCUT2D eigenvalue weighted by Gasteiger charge is 2.24. The second-order valence-corrected chi connectivity index (χ2v) is 4.12. The number of aromatic nitrogens is 2. The van der Waals surface area contributed by atoms with E-state index in [9.17, 15) is 4.79 Å². The molecular weight excluding hydrogens is 200 g/mol. The van der Waals surface area contributed by atoms with Crippen molar-refractivity contribution in [2.24, 2.45) is 0 Å². The van der Waals surface area contributed by atoms with Crippen LogP contribution in [0.25, 0.3) is 0 Å². The average Bonchev–Trinajstić information content (AvgIpc) is 2.70. The van der Waals surface area contributed by atoms with Crippen molar-refractivity contribution < 1.29 is 4.79 Å². The minimum absolute atomic E-state index is 0.0500. The molecule has 1 aromatic heterocycles. The van der Waals surface area contributed by atoms with Gasteiger partial charge in [-0.05, 0) is 18.5 Å². The number of hydrogen-bond acceptors (Lipinski definition) is 5. The summed E-state index contributed by atoms with van der Waals surface area (Å²) in [6.07, 6.45) is 1.53. The van der Waals surface area contributed by atoms with E-state index in [4.69, 9.17) is 0 Å². The number of rotatable bonds is 1. The molecule has 14 heavy (non-hydrogen) atoms. The molecule has 1 saturated heterocycles. The molecule has 1 aliphatic heterocycles. The molecule has 0 spiro atoms. The summed E-state index contributed by atoms with van der Waals surface area (Å²) in [6, 6.07) is 0.248. The monoisotopic (exact) mass is 212 g/mol. The molecule has 1 atom stereocenters. The van der Waals surface area contributed by atoms with Gasteiger partial charge in [-0.1, -0.05) is 4.49 Å². The Kier molecular flexibility index (Phi) is 2.74. The third-order valence-electron chi connectivity index (χ3n) is 2.33. The number of nitrogens with one attached hydrogen (secondary N) is 1. The Balaban J connectivity index is 2.10. The molecule has 0 bridgehead atoms. The van der Waals surface area contributed by atoms with Gasteiger partial charge in [0.1, 0.15) is 4.88 Å². The smallest absolute Gasteiger partial charge is 0.267 e. The first kappa shape index (κ1) is 9.54. The van der Waals surface area contributed by atoms with Crippen LogP contribution in [-0.4, -0.2) is 46.1 Å². The van der Waals surface area contributed by atoms with Crippen molar-refractivity contribution in [3.63, 3.8) is 0 Å². The molecule has 1 aromatic rings. The lowest BCUT2D eigenvalue weighted by atomic mass is 10.2. The molecule has 0 saturated carbocycles. The van der Waals surface area contributed by atoms with E-state index in [1.165, 1.54) is 6.20 Å². The zero-order chi connectivity index (χ0) is 9.97. The second-order valence-electron chi connectivity index (χ2n) is 3.33. The minimum Gasteiger partial charge on any atom is -0.333 e. The van der Waals surface area contributed by atoms with Gasteiger partial charge in [0, 0.05) is 25.7 Å². The summed E-state index contributed by atoms with van der Waals surface area (Å²) in [6.45, 7) is 4.52. The maximum atomic E-state index is 11.9. The van der Waals surface area contributed by atoms with Crippen LogP contribution in [0.5, 0.6) is 0 Å². The van der Waals surface area contributed by atoms with Crippen LogP contribution < -0.4 is 5.32 Å². The molecule has 1 N–H and O–H groups in total. The van der Waals surface area contributed by atoms with Gasteiger partial charge >= 0.3 is 0 Å². The normalized spacial score (nSPS) is 22.4. The molecule has 1 fully saturated rings. The van der Waals surface area contributed by atoms with E-state index in [0.717, 1.165) is 31.2 Å². The largest absolute Gasteiger partial charge is 0.333 e. The van der Waals surface area contributed by atoms with E-state index < -0.39 is 0 Å². The Hall–Kier alpha value is -1.01. The summed E-state index contributed by atoms with van der Waals surface area (Å²) in [5, 5.41) is 6.91. The summed E-state index contributed by atoms with van der Waals surface area (Å²) < 4.78 is 3.69. The van der Waals surface area contributed by atoms with Gasteiger partial charge in [-0.2, -0.15) is 0 Å². The summed E-state index contributed by atoms with van der Waals surface area (Å²) in [5.41, 5.74) is 0. The molecular formula is C8H12N4OS. The van der Waals surface area contributed by atoms with Crippen molar-refractivity contribution >= 4 is 17.4 Å². The van der Waals surface area contributed by atoms with E-state index in [0.29, 0.717) is 4.88 Å². The fourth-order valence-corrected chi connectivity index (χ4v) is 2.02. The first-order valence-corrected chi connectivity index (χ1v) is 5.35. The van der Waals surface area contributed by atoms with Gasteiger partial charge in [0.2, 0.25) is 0 Å². The fourth-order valence-electron chi connectivity index (χ4n) is 1.55. The lowest BCUT2D eigenvalue weighted by Gasteiger charge is -2.33. The molecule has 2 rings (SSSR count). The molecule has 0 aliphatic carbocycles. The van der Waals surface area contributed by atoms with Gasteiger partial charge in [-0.3, -0.25) is 4.79 Å². The predicted molar refractivity (Wildman–Crippen MR) is 53.3 cm³/mol. The van der Waals surface area contributed by atoms with E-state index in [1.54, 1.807) is 0 Å². The van der Waals surface area contributed by atoms with Crippen LogP contribution in [0.2, 0.25) is 0 Å². The lowest BCUT2D eigenvalue weighted by Crippen LogP contribution is -2.52. The number of piperazine rings is 1. The Labute approximate surface area is 86.3 Å². The van der Waals surface area contributed by atoms with Crippen molar-refractivity contribution in [3.05, 3.63) is 11.1 Å². The van der Waals surface area contributed by atoms with Crippen molar-refractivity contribution in [2.45, 2.75) is 13.0 Å². The SMILES string of the molecule is C[C@@H]1CNCCN1C(=O)c1cnns1. The molecule has 2 heterocycles. The van der Waals surface area contributed by atoms with Gasteiger partial charge in [-0.15, -0.1) is 5.10 Å². The van der Waals surface area contributed by atoms with Crippen LogP contribution in [0.1, 0.15) is 16.6 Å². The summed E-state index contributed by atoms with van der Waals surface area (Å²) in [5.74, 6) is 0.0500. The van der Waals surface area contributed by atoms with Crippen LogP contribution >= 0.6 is 11.5 Å². The first-order valence-electron chi connectivity index (χ1n) is 4.58. The van der Waals surface area contributed by atoms with E-state index in [2.05, 4.69) is 14.9 Å². The second kappa shape index (κ2) is 4.02. The topological polar surface area (TPSA) is 58.1 Å². The Bertz CT molecular complexity index is 313. The van der Waals surface area contributed by atoms with Gasteiger partial charge < -0.3 is 10.2 Å². The van der Waals surface area contributed by atoms with Gasteiger partial charge in [0.25, 0.3) is 5.91 Å². The number of carbonyl (C=O) groups excluding carboxylic acids is 1. The van der Waals surface area contributed by atoms with E-state index >= 15 is 0 Å². The van der Waals surface area contributed by atoms with Crippen LogP contribution in [0.3, 0.4) is 0 Å². The number of carbonyl (C=O) groups is 1. The molecule has 5 nitrogen and oxygen atoms in total. The van der Waals surface area contributed by atoms with E-state index in [-0.39, 0.29) is 11.9 Å². The zero-order valence-corrected chi connectivity index (χ0v) is 8.75. The van der Waals surface area contributed by atoms with Crippen LogP contribution in [-0.2, 0) is 0 Å². The van der Waals surface area contributed by atoms with Gasteiger partial charge in [0.15, 0.2) is 0 Å². The van der Waals surface area contributed by atoms with Crippen LogP contribution in [0, 0.1) is 0 Å². The summed E-state index contributed by atoms with van der Waals surface area (Å²) in [7, 11) is 0.